The van der Waals surface area contributed by atoms with E-state index in [-0.39, 0.29) is 0 Å². The van der Waals surface area contributed by atoms with E-state index in [1.165, 1.54) is 198 Å². The molecule has 0 saturated carbocycles. The Morgan fingerprint density at radius 1 is 0.435 bits per heavy atom. The largest absolute Gasteiger partial charge is 0.244 e. The van der Waals surface area contributed by atoms with Gasteiger partial charge in [0.15, 0.2) is 12.4 Å². The van der Waals surface area contributed by atoms with Crippen molar-refractivity contribution < 1.29 is 0 Å². The highest BCUT2D eigenvalue weighted by Crippen LogP contribution is 2.37. The minimum absolute atomic E-state index is 0.495. The van der Waals surface area contributed by atoms with Crippen molar-refractivity contribution in [3.63, 3.8) is 0 Å². The van der Waals surface area contributed by atoms with Crippen LogP contribution in [-0.4, -0.2) is 12.4 Å². The average molecular weight is 634 g/mol. The predicted molar refractivity (Wildman–Crippen MR) is 207 cm³/mol. The first-order chi connectivity index (χ1) is 22.8. The first-order valence-corrected chi connectivity index (χ1v) is 20.8. The summed E-state index contributed by atoms with van der Waals surface area (Å²) in [5, 5.41) is 0. The Balaban J connectivity index is 1.62. The number of hydrogen-bond donors (Lipinski definition) is 0. The van der Waals surface area contributed by atoms with Crippen LogP contribution < -0.4 is 0 Å². The normalized spacial score (nSPS) is 14.0. The lowest BCUT2D eigenvalue weighted by Crippen LogP contribution is -2.22. The molecule has 1 heterocycles. The summed E-state index contributed by atoms with van der Waals surface area (Å²) in [6, 6.07) is 11.2. The van der Waals surface area contributed by atoms with Gasteiger partial charge < -0.3 is 0 Å². The van der Waals surface area contributed by atoms with Crippen molar-refractivity contribution in [3.8, 4) is 0 Å². The molecule has 0 N–H and O–H groups in total. The monoisotopic (exact) mass is 634 g/mol. The lowest BCUT2D eigenvalue weighted by Gasteiger charge is -2.26. The summed E-state index contributed by atoms with van der Waals surface area (Å²) < 4.78 is 0. The Hall–Kier alpha value is -1.57. The molecule has 2 unspecified atom stereocenters. The van der Waals surface area contributed by atoms with E-state index in [1.54, 1.807) is 0 Å². The van der Waals surface area contributed by atoms with Crippen LogP contribution in [0, 0.1) is 18.0 Å². The lowest BCUT2D eigenvalue weighted by molar-refractivity contribution is 0.284. The van der Waals surface area contributed by atoms with Gasteiger partial charge in [-0.05, 0) is 30.7 Å². The molecule has 2 atom stereocenters. The Morgan fingerprint density at radius 2 is 0.783 bits per heavy atom. The third-order valence-corrected chi connectivity index (χ3v) is 10.5. The van der Waals surface area contributed by atoms with E-state index in [1.807, 2.05) is 12.4 Å². The van der Waals surface area contributed by atoms with Crippen LogP contribution >= 0.6 is 0 Å². The van der Waals surface area contributed by atoms with Crippen LogP contribution in [0.25, 0.3) is 0 Å². The highest BCUT2D eigenvalue weighted by atomic mass is 15.0. The third-order valence-electron chi connectivity index (χ3n) is 10.5. The van der Waals surface area contributed by atoms with Crippen LogP contribution in [0.15, 0.2) is 40.3 Å². The summed E-state index contributed by atoms with van der Waals surface area (Å²) in [5.74, 6) is 1.14. The molecule has 46 heavy (non-hydrogen) atoms. The molecule has 0 aromatic heterocycles. The summed E-state index contributed by atoms with van der Waals surface area (Å²) in [5.41, 5.74) is 1.48. The van der Waals surface area contributed by atoms with Crippen molar-refractivity contribution in [1.29, 1.82) is 0 Å². The number of rotatable bonds is 34. The SMILES string of the molecule is CCCCCCCCCCCCCCCCCCCC(Cc1ccccc1)C(CCCCCCCCCCCCC)[C+]1N=CC=N1. The van der Waals surface area contributed by atoms with E-state index in [0.29, 0.717) is 11.8 Å². The van der Waals surface area contributed by atoms with E-state index in [0.717, 1.165) is 12.6 Å². The van der Waals surface area contributed by atoms with E-state index >= 15 is 0 Å². The minimum Gasteiger partial charge on any atom is -0.0965 e. The molecule has 0 radical (unpaired) electrons. The fraction of sp³-hybridized carbons (Fsp3) is 0.795. The van der Waals surface area contributed by atoms with Gasteiger partial charge in [-0.15, -0.1) is 0 Å². The van der Waals surface area contributed by atoms with E-state index in [9.17, 15) is 0 Å². The van der Waals surface area contributed by atoms with Crippen LogP contribution in [0.5, 0.6) is 0 Å². The second-order valence-electron chi connectivity index (χ2n) is 14.7. The van der Waals surface area contributed by atoms with Gasteiger partial charge in [0, 0.05) is 0 Å². The van der Waals surface area contributed by atoms with E-state index < -0.39 is 0 Å². The Bertz CT molecular complexity index is 802. The number of aliphatic imine (C=N–C) groups is 2. The molecular weight excluding hydrogens is 556 g/mol. The molecule has 0 spiro atoms. The molecule has 0 saturated heterocycles. The minimum atomic E-state index is 0.495. The van der Waals surface area contributed by atoms with Gasteiger partial charge in [0.05, 0.1) is 5.92 Å². The predicted octanol–water partition coefficient (Wildman–Crippen LogP) is 14.8. The Morgan fingerprint density at radius 3 is 1.17 bits per heavy atom. The zero-order valence-corrected chi connectivity index (χ0v) is 31.0. The van der Waals surface area contributed by atoms with Gasteiger partial charge in [-0.1, -0.05) is 234 Å². The molecule has 0 fully saturated rings. The number of nitrogens with zero attached hydrogens (tertiary/aromatic N) is 2. The number of benzene rings is 1. The van der Waals surface area contributed by atoms with E-state index in [2.05, 4.69) is 44.2 Å². The number of hydrogen-bond acceptors (Lipinski definition) is 2. The molecule has 2 heteroatoms. The molecule has 262 valence electrons. The fourth-order valence-corrected chi connectivity index (χ4v) is 7.54. The van der Waals surface area contributed by atoms with Crippen molar-refractivity contribution in [2.75, 3.05) is 0 Å². The van der Waals surface area contributed by atoms with Crippen molar-refractivity contribution in [3.05, 3.63) is 42.1 Å². The molecule has 1 aliphatic heterocycles. The van der Waals surface area contributed by atoms with E-state index in [4.69, 9.17) is 9.98 Å². The van der Waals surface area contributed by atoms with Gasteiger partial charge >= 0.3 is 0 Å². The van der Waals surface area contributed by atoms with Crippen LogP contribution in [0.2, 0.25) is 0 Å². The molecule has 0 aliphatic carbocycles. The highest BCUT2D eigenvalue weighted by Gasteiger charge is 2.35. The summed E-state index contributed by atoms with van der Waals surface area (Å²) in [6.07, 6.45) is 48.5. The molecule has 1 aliphatic rings. The van der Waals surface area contributed by atoms with Crippen LogP contribution in [0.3, 0.4) is 0 Å². The lowest BCUT2D eigenvalue weighted by atomic mass is 9.78. The van der Waals surface area contributed by atoms with Crippen molar-refractivity contribution in [1.82, 2.24) is 0 Å². The molecule has 0 bridgehead atoms. The van der Waals surface area contributed by atoms with Crippen LogP contribution in [-0.2, 0) is 6.42 Å². The van der Waals surface area contributed by atoms with Gasteiger partial charge in [0.2, 0.25) is 6.17 Å². The van der Waals surface area contributed by atoms with Crippen molar-refractivity contribution in [2.45, 2.75) is 213 Å². The maximum absolute atomic E-state index is 4.77. The molecule has 1 aromatic carbocycles. The second kappa shape index (κ2) is 30.7. The average Bonchev–Trinajstić information content (AvgIpc) is 3.62. The first-order valence-electron chi connectivity index (χ1n) is 20.8. The highest BCUT2D eigenvalue weighted by molar-refractivity contribution is 6.18. The third kappa shape index (κ3) is 22.1. The Labute approximate surface area is 288 Å². The van der Waals surface area contributed by atoms with Gasteiger partial charge in [-0.25, -0.2) is 0 Å². The summed E-state index contributed by atoms with van der Waals surface area (Å²) >= 11 is 0. The first kappa shape index (κ1) is 40.6. The quantitative estimate of drug-likeness (QED) is 0.0533. The number of unbranched alkanes of at least 4 members (excludes halogenated alkanes) is 26. The summed E-state index contributed by atoms with van der Waals surface area (Å²) in [4.78, 5) is 9.53. The molecule has 0 amide bonds. The Kier molecular flexibility index (Phi) is 27.1. The van der Waals surface area contributed by atoms with Gasteiger partial charge in [0.1, 0.15) is 0 Å². The smallest absolute Gasteiger partial charge is 0.0965 e. The summed E-state index contributed by atoms with van der Waals surface area (Å²) in [7, 11) is 0. The second-order valence-corrected chi connectivity index (χ2v) is 14.7. The van der Waals surface area contributed by atoms with Crippen LogP contribution in [0.1, 0.15) is 212 Å². The molecular formula is C44H77N2+. The molecule has 2 rings (SSSR count). The molecule has 2 nitrogen and oxygen atoms in total. The standard InChI is InChI=1S/C44H77N2/c1-3-5-7-9-11-13-15-16-17-18-19-20-22-23-25-27-32-36-42(40-41-34-30-29-31-35-41)43(44-45-38-39-46-44)37-33-28-26-24-21-14-12-10-8-6-4-2/h29-31,34-35,38-39,42-43H,3-28,32-33,36-37,40H2,1-2H3/q+1. The van der Waals surface area contributed by atoms with Crippen molar-refractivity contribution in [2.24, 2.45) is 21.8 Å². The topological polar surface area (TPSA) is 24.7 Å². The van der Waals surface area contributed by atoms with Gasteiger partial charge in [-0.2, -0.15) is 0 Å². The zero-order chi connectivity index (χ0) is 32.6. The maximum atomic E-state index is 4.77. The van der Waals surface area contributed by atoms with Gasteiger partial charge in [0.25, 0.3) is 0 Å². The van der Waals surface area contributed by atoms with Crippen LogP contribution in [0.4, 0.5) is 0 Å². The fourth-order valence-electron chi connectivity index (χ4n) is 7.54. The maximum Gasteiger partial charge on any atom is 0.244 e. The molecule has 1 aromatic rings. The van der Waals surface area contributed by atoms with Gasteiger partial charge in [-0.3, -0.25) is 0 Å². The summed E-state index contributed by atoms with van der Waals surface area (Å²) in [6.45, 7) is 4.61. The van der Waals surface area contributed by atoms with Crippen molar-refractivity contribution >= 4 is 12.4 Å². The zero-order valence-electron chi connectivity index (χ0n) is 31.0.